The van der Waals surface area contributed by atoms with Crippen molar-refractivity contribution in [2.24, 2.45) is 5.92 Å². The number of nitrogens with zero attached hydrogens (tertiary/aromatic N) is 7. The van der Waals surface area contributed by atoms with Gasteiger partial charge in [0.1, 0.15) is 18.2 Å². The second kappa shape index (κ2) is 8.58. The van der Waals surface area contributed by atoms with E-state index in [1.165, 1.54) is 18.5 Å². The van der Waals surface area contributed by atoms with E-state index in [2.05, 4.69) is 20.4 Å². The molecule has 1 aliphatic rings. The third kappa shape index (κ3) is 4.32. The number of amides is 1. The van der Waals surface area contributed by atoms with Crippen LogP contribution < -0.4 is 10.2 Å². The van der Waals surface area contributed by atoms with Gasteiger partial charge in [-0.15, -0.1) is 0 Å². The smallest absolute Gasteiger partial charge is 0.270 e. The normalized spacial score (nSPS) is 15.8. The first-order valence-corrected chi connectivity index (χ1v) is 9.61. The number of carbonyl (C=O) groups excluding carboxylic acids is 1. The first kappa shape index (κ1) is 20.0. The number of benzene rings is 1. The number of nitro benzene ring substituents is 1. The molecule has 156 valence electrons. The number of aromatic nitrogens is 4. The number of carbonyl (C=O) groups is 1. The van der Waals surface area contributed by atoms with Crippen LogP contribution in [0.25, 0.3) is 5.82 Å². The molecule has 1 N–H and O–H groups in total. The fraction of sp³-hybridized carbons (Fsp3) is 0.250. The van der Waals surface area contributed by atoms with Crippen molar-refractivity contribution in [2.45, 2.75) is 12.8 Å². The Labute approximate surface area is 177 Å². The zero-order valence-electron chi connectivity index (χ0n) is 16.4. The Morgan fingerprint density at radius 3 is 2.87 bits per heavy atom. The Morgan fingerprint density at radius 1 is 1.29 bits per heavy atom. The number of hydrogen-bond acceptors (Lipinski definition) is 8. The molecular weight excluding hydrogens is 400 g/mol. The molecule has 3 aromatic rings. The summed E-state index contributed by atoms with van der Waals surface area (Å²) in [5, 5.41) is 27.1. The van der Waals surface area contributed by atoms with Crippen LogP contribution in [0.4, 0.5) is 17.2 Å². The molecule has 0 bridgehead atoms. The van der Waals surface area contributed by atoms with Gasteiger partial charge in [0, 0.05) is 43.7 Å². The van der Waals surface area contributed by atoms with Gasteiger partial charge in [-0.3, -0.25) is 14.9 Å². The standard InChI is InChI=1S/C20H18N8O3/c21-11-15-9-16(28(30)31)4-5-17(15)25-20(29)14-3-1-7-26(12-14)18-10-19(23-13-22-18)27-8-2-6-24-27/h2,4-6,8-10,13-14H,1,3,7,12H2,(H,25,29). The van der Waals surface area contributed by atoms with Crippen molar-refractivity contribution in [3.8, 4) is 11.9 Å². The van der Waals surface area contributed by atoms with Gasteiger partial charge in [0.15, 0.2) is 5.82 Å². The van der Waals surface area contributed by atoms with E-state index in [0.717, 1.165) is 19.0 Å². The molecule has 1 amide bonds. The average molecular weight is 418 g/mol. The van der Waals surface area contributed by atoms with Gasteiger partial charge >= 0.3 is 0 Å². The van der Waals surface area contributed by atoms with Crippen molar-refractivity contribution >= 4 is 23.1 Å². The Balaban J connectivity index is 1.48. The summed E-state index contributed by atoms with van der Waals surface area (Å²) in [6, 6.07) is 9.32. The largest absolute Gasteiger partial charge is 0.356 e. The first-order valence-electron chi connectivity index (χ1n) is 9.61. The van der Waals surface area contributed by atoms with Crippen molar-refractivity contribution in [3.05, 3.63) is 64.7 Å². The number of non-ortho nitro benzene ring substituents is 1. The van der Waals surface area contributed by atoms with Crippen LogP contribution in [0, 0.1) is 27.4 Å². The molecule has 11 nitrogen and oxygen atoms in total. The number of rotatable bonds is 5. The minimum Gasteiger partial charge on any atom is -0.356 e. The minimum atomic E-state index is -0.579. The molecule has 31 heavy (non-hydrogen) atoms. The molecule has 1 unspecified atom stereocenters. The molecule has 0 aliphatic carbocycles. The van der Waals surface area contributed by atoms with Gasteiger partial charge in [-0.25, -0.2) is 14.6 Å². The Hall–Kier alpha value is -4.33. The molecular formula is C20H18N8O3. The highest BCUT2D eigenvalue weighted by Crippen LogP contribution is 2.26. The number of nitrogens with one attached hydrogen (secondary N) is 1. The molecule has 0 spiro atoms. The Bertz CT molecular complexity index is 1160. The second-order valence-corrected chi connectivity index (χ2v) is 7.06. The molecule has 2 aromatic heterocycles. The molecule has 1 saturated heterocycles. The summed E-state index contributed by atoms with van der Waals surface area (Å²) >= 11 is 0. The SMILES string of the molecule is N#Cc1cc([N+](=O)[O-])ccc1NC(=O)C1CCCN(c2cc(-n3cccn3)ncn2)C1. The lowest BCUT2D eigenvalue weighted by Crippen LogP contribution is -2.41. The number of anilines is 2. The van der Waals surface area contributed by atoms with Crippen LogP contribution >= 0.6 is 0 Å². The molecule has 4 rings (SSSR count). The maximum Gasteiger partial charge on any atom is 0.270 e. The van der Waals surface area contributed by atoms with Crippen LogP contribution in [-0.4, -0.2) is 43.7 Å². The van der Waals surface area contributed by atoms with E-state index in [1.54, 1.807) is 23.1 Å². The molecule has 3 heterocycles. The van der Waals surface area contributed by atoms with Gasteiger partial charge in [0.2, 0.25) is 5.91 Å². The minimum absolute atomic E-state index is 0.0508. The maximum absolute atomic E-state index is 12.9. The molecule has 0 radical (unpaired) electrons. The predicted octanol–water partition coefficient (Wildman–Crippen LogP) is 2.30. The summed E-state index contributed by atoms with van der Waals surface area (Å²) in [4.78, 5) is 33.8. The maximum atomic E-state index is 12.9. The molecule has 1 fully saturated rings. The van der Waals surface area contributed by atoms with E-state index in [9.17, 15) is 20.2 Å². The molecule has 0 saturated carbocycles. The fourth-order valence-corrected chi connectivity index (χ4v) is 3.52. The van der Waals surface area contributed by atoms with Crippen molar-refractivity contribution in [1.29, 1.82) is 5.26 Å². The van der Waals surface area contributed by atoms with E-state index in [4.69, 9.17) is 0 Å². The number of piperidine rings is 1. The second-order valence-electron chi connectivity index (χ2n) is 7.06. The van der Waals surface area contributed by atoms with Crippen LogP contribution in [0.3, 0.4) is 0 Å². The van der Waals surface area contributed by atoms with Crippen LogP contribution in [0.2, 0.25) is 0 Å². The lowest BCUT2D eigenvalue weighted by Gasteiger charge is -2.33. The summed E-state index contributed by atoms with van der Waals surface area (Å²) in [6.07, 6.45) is 6.40. The number of hydrogen-bond donors (Lipinski definition) is 1. The fourth-order valence-electron chi connectivity index (χ4n) is 3.52. The first-order chi connectivity index (χ1) is 15.0. The molecule has 1 atom stereocenters. The van der Waals surface area contributed by atoms with E-state index in [-0.39, 0.29) is 28.8 Å². The summed E-state index contributed by atoms with van der Waals surface area (Å²) in [6.45, 7) is 1.20. The van der Waals surface area contributed by atoms with Gasteiger partial charge in [0.25, 0.3) is 5.69 Å². The van der Waals surface area contributed by atoms with E-state index in [1.807, 2.05) is 17.0 Å². The topological polar surface area (TPSA) is 143 Å². The highest BCUT2D eigenvalue weighted by molar-refractivity contribution is 5.94. The van der Waals surface area contributed by atoms with Crippen molar-refractivity contribution < 1.29 is 9.72 Å². The highest BCUT2D eigenvalue weighted by Gasteiger charge is 2.27. The van der Waals surface area contributed by atoms with Crippen molar-refractivity contribution in [1.82, 2.24) is 19.7 Å². The van der Waals surface area contributed by atoms with Gasteiger partial charge < -0.3 is 10.2 Å². The zero-order chi connectivity index (χ0) is 21.8. The number of nitriles is 1. The zero-order valence-corrected chi connectivity index (χ0v) is 16.4. The van der Waals surface area contributed by atoms with Crippen LogP contribution in [0.1, 0.15) is 18.4 Å². The van der Waals surface area contributed by atoms with Crippen LogP contribution in [0.15, 0.2) is 49.1 Å². The Kier molecular flexibility index (Phi) is 5.53. The van der Waals surface area contributed by atoms with E-state index >= 15 is 0 Å². The van der Waals surface area contributed by atoms with E-state index < -0.39 is 4.92 Å². The molecule has 1 aliphatic heterocycles. The lowest BCUT2D eigenvalue weighted by atomic mass is 9.96. The summed E-state index contributed by atoms with van der Waals surface area (Å²) in [7, 11) is 0. The third-order valence-electron chi connectivity index (χ3n) is 5.09. The quantitative estimate of drug-likeness (QED) is 0.491. The van der Waals surface area contributed by atoms with Gasteiger partial charge in [0.05, 0.1) is 22.1 Å². The summed E-state index contributed by atoms with van der Waals surface area (Å²) in [5.74, 6) is 0.771. The van der Waals surface area contributed by atoms with Crippen LogP contribution in [0.5, 0.6) is 0 Å². The summed E-state index contributed by atoms with van der Waals surface area (Å²) < 4.78 is 1.64. The predicted molar refractivity (Wildman–Crippen MR) is 111 cm³/mol. The van der Waals surface area contributed by atoms with Gasteiger partial charge in [-0.1, -0.05) is 0 Å². The molecule has 11 heteroatoms. The lowest BCUT2D eigenvalue weighted by molar-refractivity contribution is -0.384. The highest BCUT2D eigenvalue weighted by atomic mass is 16.6. The van der Waals surface area contributed by atoms with Gasteiger partial charge in [-0.2, -0.15) is 10.4 Å². The average Bonchev–Trinajstić information content (AvgIpc) is 3.34. The Morgan fingerprint density at radius 2 is 2.13 bits per heavy atom. The molecule has 1 aromatic carbocycles. The van der Waals surface area contributed by atoms with Crippen molar-refractivity contribution in [3.63, 3.8) is 0 Å². The van der Waals surface area contributed by atoms with E-state index in [0.29, 0.717) is 24.6 Å². The number of nitro groups is 1. The van der Waals surface area contributed by atoms with Crippen LogP contribution in [-0.2, 0) is 4.79 Å². The van der Waals surface area contributed by atoms with Crippen molar-refractivity contribution in [2.75, 3.05) is 23.3 Å². The summed E-state index contributed by atoms with van der Waals surface area (Å²) in [5.41, 5.74) is 0.114. The monoisotopic (exact) mass is 418 g/mol. The van der Waals surface area contributed by atoms with Gasteiger partial charge in [-0.05, 0) is 25.0 Å². The third-order valence-corrected chi connectivity index (χ3v) is 5.09.